The maximum absolute atomic E-state index is 10.6. The number of hydrogen-bond acceptors (Lipinski definition) is 4. The first-order valence-corrected chi connectivity index (χ1v) is 5.62. The lowest BCUT2D eigenvalue weighted by atomic mass is 10.1. The highest BCUT2D eigenvalue weighted by Gasteiger charge is 2.15. The second-order valence-electron chi connectivity index (χ2n) is 3.91. The Bertz CT molecular complexity index is 452. The summed E-state index contributed by atoms with van der Waals surface area (Å²) in [4.78, 5) is 22.2. The van der Waals surface area contributed by atoms with E-state index in [4.69, 9.17) is 16.7 Å². The monoisotopic (exact) mass is 272 g/mol. The van der Waals surface area contributed by atoms with Gasteiger partial charge in [-0.25, -0.2) is 0 Å². The van der Waals surface area contributed by atoms with Gasteiger partial charge in [-0.15, -0.1) is 11.6 Å². The molecule has 6 nitrogen and oxygen atoms in total. The van der Waals surface area contributed by atoms with E-state index in [2.05, 4.69) is 0 Å². The summed E-state index contributed by atoms with van der Waals surface area (Å²) in [5.41, 5.74) is 0.571. The number of benzene rings is 1. The van der Waals surface area contributed by atoms with Crippen LogP contribution in [0.3, 0.4) is 0 Å². The molecule has 0 radical (unpaired) electrons. The molecule has 0 spiro atoms. The maximum atomic E-state index is 10.6. The van der Waals surface area contributed by atoms with Gasteiger partial charge in [-0.1, -0.05) is 12.1 Å². The predicted octanol–water partition coefficient (Wildman–Crippen LogP) is 1.89. The van der Waals surface area contributed by atoms with Gasteiger partial charge in [0.05, 0.1) is 16.8 Å². The number of hydrogen-bond donors (Lipinski definition) is 1. The third-order valence-corrected chi connectivity index (χ3v) is 2.71. The molecule has 1 N–H and O–H groups in total. The summed E-state index contributed by atoms with van der Waals surface area (Å²) >= 11 is 6.10. The fourth-order valence-electron chi connectivity index (χ4n) is 1.51. The van der Waals surface area contributed by atoms with Gasteiger partial charge in [-0.2, -0.15) is 0 Å². The number of likely N-dealkylation sites (N-methyl/N-ethyl adjacent to an activating group) is 1. The van der Waals surface area contributed by atoms with Crippen molar-refractivity contribution < 1.29 is 14.8 Å². The van der Waals surface area contributed by atoms with Crippen molar-refractivity contribution in [2.24, 2.45) is 0 Å². The molecule has 1 atom stereocenters. The number of rotatable bonds is 6. The summed E-state index contributed by atoms with van der Waals surface area (Å²) in [6, 6.07) is 6.01. The van der Waals surface area contributed by atoms with Crippen molar-refractivity contribution >= 4 is 23.3 Å². The Hall–Kier alpha value is -1.66. The van der Waals surface area contributed by atoms with Crippen LogP contribution in [0, 0.1) is 10.1 Å². The van der Waals surface area contributed by atoms with Gasteiger partial charge in [-0.05, 0) is 12.6 Å². The quantitative estimate of drug-likeness (QED) is 0.486. The molecule has 0 aliphatic rings. The molecule has 7 heteroatoms. The Morgan fingerprint density at radius 1 is 1.61 bits per heavy atom. The number of nitro benzene ring substituents is 1. The molecule has 0 aliphatic heterocycles. The third kappa shape index (κ3) is 4.31. The van der Waals surface area contributed by atoms with Crippen molar-refractivity contribution in [2.75, 3.05) is 20.1 Å². The SMILES string of the molecule is CN(CC(=O)O)CC(Cl)c1cccc([N+](=O)[O-])c1. The smallest absolute Gasteiger partial charge is 0.317 e. The van der Waals surface area contributed by atoms with Crippen LogP contribution in [0.5, 0.6) is 0 Å². The first-order chi connectivity index (χ1) is 8.40. The second kappa shape index (κ2) is 6.32. The van der Waals surface area contributed by atoms with Gasteiger partial charge in [0.15, 0.2) is 0 Å². The van der Waals surface area contributed by atoms with E-state index in [0.29, 0.717) is 12.1 Å². The highest BCUT2D eigenvalue weighted by molar-refractivity contribution is 6.21. The Labute approximate surface area is 109 Å². The number of halogens is 1. The van der Waals surface area contributed by atoms with Crippen LogP contribution in [-0.4, -0.2) is 41.0 Å². The second-order valence-corrected chi connectivity index (χ2v) is 4.44. The third-order valence-electron chi connectivity index (χ3n) is 2.32. The van der Waals surface area contributed by atoms with Crippen LogP contribution in [0.4, 0.5) is 5.69 Å². The molecule has 0 amide bonds. The van der Waals surface area contributed by atoms with E-state index in [0.717, 1.165) is 0 Å². The number of carboxylic acids is 1. The summed E-state index contributed by atoms with van der Waals surface area (Å²) in [7, 11) is 1.63. The molecule has 0 aromatic heterocycles. The molecular formula is C11H13ClN2O4. The molecule has 0 fully saturated rings. The minimum absolute atomic E-state index is 0.0287. The summed E-state index contributed by atoms with van der Waals surface area (Å²) in [5.74, 6) is -0.944. The van der Waals surface area contributed by atoms with E-state index in [1.165, 1.54) is 12.1 Å². The molecule has 1 rings (SSSR count). The molecule has 0 saturated heterocycles. The summed E-state index contributed by atoms with van der Waals surface area (Å²) in [5, 5.41) is 18.7. The first kappa shape index (κ1) is 14.4. The largest absolute Gasteiger partial charge is 0.480 e. The normalized spacial score (nSPS) is 12.4. The maximum Gasteiger partial charge on any atom is 0.317 e. The van der Waals surface area contributed by atoms with Gasteiger partial charge in [0, 0.05) is 18.7 Å². The molecule has 0 heterocycles. The number of aliphatic carboxylic acids is 1. The molecule has 1 aromatic carbocycles. The lowest BCUT2D eigenvalue weighted by Crippen LogP contribution is -2.28. The molecule has 0 bridgehead atoms. The van der Waals surface area contributed by atoms with E-state index in [1.807, 2.05) is 0 Å². The standard InChI is InChI=1S/C11H13ClN2O4/c1-13(7-11(15)16)6-10(12)8-3-2-4-9(5-8)14(17)18/h2-5,10H,6-7H2,1H3,(H,15,16). The molecule has 1 aromatic rings. The highest BCUT2D eigenvalue weighted by Crippen LogP contribution is 2.24. The summed E-state index contributed by atoms with van der Waals surface area (Å²) in [6.07, 6.45) is 0. The van der Waals surface area contributed by atoms with Crippen molar-refractivity contribution in [1.29, 1.82) is 0 Å². The predicted molar refractivity (Wildman–Crippen MR) is 66.8 cm³/mol. The number of nitrogens with zero attached hydrogens (tertiary/aromatic N) is 2. The zero-order valence-corrected chi connectivity index (χ0v) is 10.5. The van der Waals surface area contributed by atoms with Crippen molar-refractivity contribution in [2.45, 2.75) is 5.38 Å². The van der Waals surface area contributed by atoms with Crippen molar-refractivity contribution in [3.8, 4) is 0 Å². The summed E-state index contributed by atoms with van der Waals surface area (Å²) in [6.45, 7) is 0.174. The van der Waals surface area contributed by atoms with E-state index in [-0.39, 0.29) is 12.2 Å². The molecular weight excluding hydrogens is 260 g/mol. The fourth-order valence-corrected chi connectivity index (χ4v) is 1.88. The number of carboxylic acid groups (broad SMARTS) is 1. The van der Waals surface area contributed by atoms with Gasteiger partial charge in [0.2, 0.25) is 0 Å². The van der Waals surface area contributed by atoms with Gasteiger partial charge >= 0.3 is 5.97 Å². The fraction of sp³-hybridized carbons (Fsp3) is 0.364. The highest BCUT2D eigenvalue weighted by atomic mass is 35.5. The Morgan fingerprint density at radius 2 is 2.28 bits per heavy atom. The number of alkyl halides is 1. The lowest BCUT2D eigenvalue weighted by molar-refractivity contribution is -0.384. The number of non-ortho nitro benzene ring substituents is 1. The molecule has 1 unspecified atom stereocenters. The van der Waals surface area contributed by atoms with E-state index in [1.54, 1.807) is 24.1 Å². The molecule has 0 aliphatic carbocycles. The van der Waals surface area contributed by atoms with E-state index < -0.39 is 16.3 Å². The van der Waals surface area contributed by atoms with Crippen LogP contribution in [-0.2, 0) is 4.79 Å². The van der Waals surface area contributed by atoms with Gasteiger partial charge in [0.1, 0.15) is 0 Å². The molecule has 0 saturated carbocycles. The molecule has 18 heavy (non-hydrogen) atoms. The Balaban J connectivity index is 2.71. The van der Waals surface area contributed by atoms with Crippen LogP contribution in [0.25, 0.3) is 0 Å². The molecule has 98 valence electrons. The van der Waals surface area contributed by atoms with Crippen LogP contribution < -0.4 is 0 Å². The average molecular weight is 273 g/mol. The average Bonchev–Trinajstić information content (AvgIpc) is 2.27. The van der Waals surface area contributed by atoms with Crippen molar-refractivity contribution in [1.82, 2.24) is 4.90 Å². The Kier molecular flexibility index (Phi) is 5.06. The zero-order valence-electron chi connectivity index (χ0n) is 9.75. The first-order valence-electron chi connectivity index (χ1n) is 5.19. The summed E-state index contributed by atoms with van der Waals surface area (Å²) < 4.78 is 0. The zero-order chi connectivity index (χ0) is 13.7. The van der Waals surface area contributed by atoms with Gasteiger partial charge < -0.3 is 5.11 Å². The van der Waals surface area contributed by atoms with Crippen LogP contribution in [0.1, 0.15) is 10.9 Å². The minimum Gasteiger partial charge on any atom is -0.480 e. The van der Waals surface area contributed by atoms with Gasteiger partial charge in [0.25, 0.3) is 5.69 Å². The van der Waals surface area contributed by atoms with Crippen LogP contribution in [0.2, 0.25) is 0 Å². The Morgan fingerprint density at radius 3 is 2.83 bits per heavy atom. The topological polar surface area (TPSA) is 83.7 Å². The van der Waals surface area contributed by atoms with Crippen molar-refractivity contribution in [3.05, 3.63) is 39.9 Å². The van der Waals surface area contributed by atoms with E-state index in [9.17, 15) is 14.9 Å². The van der Waals surface area contributed by atoms with Crippen LogP contribution >= 0.6 is 11.6 Å². The number of carbonyl (C=O) groups is 1. The van der Waals surface area contributed by atoms with Crippen molar-refractivity contribution in [3.63, 3.8) is 0 Å². The van der Waals surface area contributed by atoms with Crippen LogP contribution in [0.15, 0.2) is 24.3 Å². The van der Waals surface area contributed by atoms with Gasteiger partial charge in [-0.3, -0.25) is 19.8 Å². The van der Waals surface area contributed by atoms with E-state index >= 15 is 0 Å². The lowest BCUT2D eigenvalue weighted by Gasteiger charge is -2.18. The number of nitro groups is 1. The minimum atomic E-state index is -0.944.